The molecule has 0 aliphatic carbocycles. The van der Waals surface area contributed by atoms with Crippen LogP contribution in [-0.2, 0) is 4.79 Å². The van der Waals surface area contributed by atoms with Gasteiger partial charge in [0, 0.05) is 30.6 Å². The zero-order chi connectivity index (χ0) is 15.9. The van der Waals surface area contributed by atoms with E-state index >= 15 is 0 Å². The number of hydrogen-bond donors (Lipinski definition) is 0. The summed E-state index contributed by atoms with van der Waals surface area (Å²) in [6.07, 6.45) is -1.04. The van der Waals surface area contributed by atoms with Crippen LogP contribution in [0.5, 0.6) is 0 Å². The van der Waals surface area contributed by atoms with Crippen molar-refractivity contribution in [3.63, 3.8) is 0 Å². The van der Waals surface area contributed by atoms with Gasteiger partial charge in [-0.2, -0.15) is 13.2 Å². The molecule has 0 aromatic carbocycles. The largest absolute Gasteiger partial charge is 0.401 e. The van der Waals surface area contributed by atoms with Gasteiger partial charge in [0.2, 0.25) is 5.91 Å². The molecule has 0 N–H and O–H groups in total. The van der Waals surface area contributed by atoms with Gasteiger partial charge >= 0.3 is 6.18 Å². The van der Waals surface area contributed by atoms with E-state index in [-0.39, 0.29) is 19.0 Å². The molecule has 0 saturated heterocycles. The molecule has 0 aliphatic rings. The number of thiophene rings is 1. The van der Waals surface area contributed by atoms with E-state index in [2.05, 4.69) is 0 Å². The molecule has 0 fully saturated rings. The average molecular weight is 320 g/mol. The molecule has 1 rings (SSSR count). The standard InChI is InChI=1S/C14H19F3N2OS/c1-3-19(9-8-18(2)11-14(15,16)17)13(20)7-6-12-5-4-10-21-12/h4-7,10H,3,8-9,11H2,1-2H3/b7-6-. The van der Waals surface area contributed by atoms with Crippen molar-refractivity contribution >= 4 is 23.3 Å². The maximum absolute atomic E-state index is 12.2. The third kappa shape index (κ3) is 7.29. The lowest BCUT2D eigenvalue weighted by Gasteiger charge is -2.24. The van der Waals surface area contributed by atoms with Gasteiger partial charge in [-0.25, -0.2) is 0 Å². The van der Waals surface area contributed by atoms with Crippen LogP contribution < -0.4 is 0 Å². The van der Waals surface area contributed by atoms with E-state index in [0.717, 1.165) is 4.88 Å². The summed E-state index contributed by atoms with van der Waals surface area (Å²) in [6.45, 7) is 1.76. The third-order valence-corrected chi connectivity index (χ3v) is 3.67. The van der Waals surface area contributed by atoms with Crippen molar-refractivity contribution < 1.29 is 18.0 Å². The Hall–Kier alpha value is -1.34. The minimum absolute atomic E-state index is 0.186. The Morgan fingerprint density at radius 3 is 2.62 bits per heavy atom. The molecule has 0 saturated carbocycles. The van der Waals surface area contributed by atoms with Crippen LogP contribution in [0, 0.1) is 0 Å². The lowest BCUT2D eigenvalue weighted by Crippen LogP contribution is -2.39. The van der Waals surface area contributed by atoms with Gasteiger partial charge in [0.15, 0.2) is 0 Å². The summed E-state index contributed by atoms with van der Waals surface area (Å²) < 4.78 is 36.6. The molecule has 3 nitrogen and oxygen atoms in total. The first-order valence-corrected chi connectivity index (χ1v) is 7.45. The van der Waals surface area contributed by atoms with Crippen LogP contribution in [-0.4, -0.2) is 55.1 Å². The van der Waals surface area contributed by atoms with E-state index < -0.39 is 12.7 Å². The van der Waals surface area contributed by atoms with Gasteiger partial charge in [-0.1, -0.05) is 6.07 Å². The number of alkyl halides is 3. The second kappa shape index (κ2) is 8.19. The van der Waals surface area contributed by atoms with Crippen molar-refractivity contribution in [3.8, 4) is 0 Å². The number of rotatable bonds is 7. The number of hydrogen-bond acceptors (Lipinski definition) is 3. The Labute approximate surface area is 126 Å². The molecular weight excluding hydrogens is 301 g/mol. The topological polar surface area (TPSA) is 23.6 Å². The first kappa shape index (κ1) is 17.7. The molecule has 0 unspecified atom stereocenters. The number of halogens is 3. The summed E-state index contributed by atoms with van der Waals surface area (Å²) in [5.41, 5.74) is 0. The minimum atomic E-state index is -4.21. The molecule has 7 heteroatoms. The SMILES string of the molecule is CCN(CCN(C)CC(F)(F)F)C(=O)/C=C\c1cccs1. The van der Waals surface area contributed by atoms with Crippen molar-refractivity contribution in [3.05, 3.63) is 28.5 Å². The summed E-state index contributed by atoms with van der Waals surface area (Å²) >= 11 is 1.52. The van der Waals surface area contributed by atoms with Crippen LogP contribution in [0.1, 0.15) is 11.8 Å². The van der Waals surface area contributed by atoms with Gasteiger partial charge in [-0.05, 0) is 31.5 Å². The molecule has 0 aliphatic heterocycles. The third-order valence-electron chi connectivity index (χ3n) is 2.83. The summed E-state index contributed by atoms with van der Waals surface area (Å²) in [7, 11) is 1.40. The summed E-state index contributed by atoms with van der Waals surface area (Å²) in [4.78, 5) is 15.6. The van der Waals surface area contributed by atoms with Gasteiger partial charge < -0.3 is 4.90 Å². The Bertz CT molecular complexity index is 457. The number of amides is 1. The second-order valence-electron chi connectivity index (χ2n) is 4.62. The average Bonchev–Trinajstić information content (AvgIpc) is 2.88. The van der Waals surface area contributed by atoms with Gasteiger partial charge in [0.1, 0.15) is 0 Å². The summed E-state index contributed by atoms with van der Waals surface area (Å²) in [5.74, 6) is -0.189. The highest BCUT2D eigenvalue weighted by atomic mass is 32.1. The zero-order valence-corrected chi connectivity index (χ0v) is 12.9. The number of carbonyl (C=O) groups is 1. The van der Waals surface area contributed by atoms with Crippen LogP contribution in [0.25, 0.3) is 6.08 Å². The van der Waals surface area contributed by atoms with E-state index in [1.807, 2.05) is 17.5 Å². The highest BCUT2D eigenvalue weighted by Crippen LogP contribution is 2.15. The van der Waals surface area contributed by atoms with Crippen molar-refractivity contribution in [1.29, 1.82) is 0 Å². The Morgan fingerprint density at radius 1 is 1.38 bits per heavy atom. The number of carbonyl (C=O) groups excluding carboxylic acids is 1. The van der Waals surface area contributed by atoms with E-state index in [9.17, 15) is 18.0 Å². The van der Waals surface area contributed by atoms with Gasteiger partial charge in [-0.15, -0.1) is 11.3 Å². The van der Waals surface area contributed by atoms with Gasteiger partial charge in [0.05, 0.1) is 6.54 Å². The van der Waals surface area contributed by atoms with E-state index in [1.54, 1.807) is 13.0 Å². The van der Waals surface area contributed by atoms with E-state index in [1.165, 1.54) is 34.3 Å². The quantitative estimate of drug-likeness (QED) is 0.721. The van der Waals surface area contributed by atoms with Crippen molar-refractivity contribution in [2.24, 2.45) is 0 Å². The molecule has 0 radical (unpaired) electrons. The van der Waals surface area contributed by atoms with Crippen LogP contribution in [0.15, 0.2) is 23.6 Å². The van der Waals surface area contributed by atoms with Crippen LogP contribution in [0.4, 0.5) is 13.2 Å². The highest BCUT2D eigenvalue weighted by molar-refractivity contribution is 7.10. The Morgan fingerprint density at radius 2 is 2.10 bits per heavy atom. The van der Waals surface area contributed by atoms with E-state index in [4.69, 9.17) is 0 Å². The zero-order valence-electron chi connectivity index (χ0n) is 12.1. The maximum atomic E-state index is 12.2. The second-order valence-corrected chi connectivity index (χ2v) is 5.60. The molecule has 118 valence electrons. The monoisotopic (exact) mass is 320 g/mol. The van der Waals surface area contributed by atoms with Crippen LogP contribution in [0.3, 0.4) is 0 Å². The van der Waals surface area contributed by atoms with Crippen LogP contribution >= 0.6 is 11.3 Å². The molecule has 1 aromatic heterocycles. The van der Waals surface area contributed by atoms with Crippen molar-refractivity contribution in [2.45, 2.75) is 13.1 Å². The van der Waals surface area contributed by atoms with Crippen LogP contribution in [0.2, 0.25) is 0 Å². The molecule has 0 spiro atoms. The molecular formula is C14H19F3N2OS. The lowest BCUT2D eigenvalue weighted by molar-refractivity contribution is -0.143. The fourth-order valence-corrected chi connectivity index (χ4v) is 2.36. The summed E-state index contributed by atoms with van der Waals surface area (Å²) in [6, 6.07) is 3.78. The molecule has 0 bridgehead atoms. The Balaban J connectivity index is 2.45. The van der Waals surface area contributed by atoms with E-state index in [0.29, 0.717) is 6.54 Å². The van der Waals surface area contributed by atoms with Crippen molar-refractivity contribution in [1.82, 2.24) is 9.80 Å². The predicted octanol–water partition coefficient (Wildman–Crippen LogP) is 3.10. The molecule has 1 amide bonds. The molecule has 0 atom stereocenters. The first-order valence-electron chi connectivity index (χ1n) is 6.57. The Kier molecular flexibility index (Phi) is 6.91. The predicted molar refractivity (Wildman–Crippen MR) is 79.2 cm³/mol. The smallest absolute Gasteiger partial charge is 0.338 e. The van der Waals surface area contributed by atoms with Crippen molar-refractivity contribution in [2.75, 3.05) is 33.2 Å². The number of nitrogens with zero attached hydrogens (tertiary/aromatic N) is 2. The summed E-state index contributed by atoms with van der Waals surface area (Å²) in [5, 5.41) is 1.91. The molecule has 1 heterocycles. The molecule has 1 aromatic rings. The normalized spacial score (nSPS) is 12.3. The maximum Gasteiger partial charge on any atom is 0.401 e. The number of likely N-dealkylation sites (N-methyl/N-ethyl adjacent to an activating group) is 2. The molecule has 21 heavy (non-hydrogen) atoms. The lowest BCUT2D eigenvalue weighted by atomic mass is 10.3. The highest BCUT2D eigenvalue weighted by Gasteiger charge is 2.29. The van der Waals surface area contributed by atoms with Gasteiger partial charge in [0.25, 0.3) is 0 Å². The first-order chi connectivity index (χ1) is 9.81. The van der Waals surface area contributed by atoms with Gasteiger partial charge in [-0.3, -0.25) is 9.69 Å². The fraction of sp³-hybridized carbons (Fsp3) is 0.500. The fourth-order valence-electron chi connectivity index (χ4n) is 1.75. The minimum Gasteiger partial charge on any atom is -0.338 e.